The van der Waals surface area contributed by atoms with Gasteiger partial charge in [0.2, 0.25) is 5.91 Å². The van der Waals surface area contributed by atoms with Crippen LogP contribution in [0.15, 0.2) is 53.4 Å². The van der Waals surface area contributed by atoms with E-state index >= 15 is 0 Å². The van der Waals surface area contributed by atoms with Crippen molar-refractivity contribution >= 4 is 17.7 Å². The summed E-state index contributed by atoms with van der Waals surface area (Å²) in [5, 5.41) is 2.95. The maximum atomic E-state index is 12.5. The van der Waals surface area contributed by atoms with Gasteiger partial charge in [0.15, 0.2) is 0 Å². The predicted octanol–water partition coefficient (Wildman–Crippen LogP) is 5.35. The summed E-state index contributed by atoms with van der Waals surface area (Å²) in [4.78, 5) is 13.6. The Hall–Kier alpha value is -1.94. The van der Waals surface area contributed by atoms with Crippen LogP contribution in [-0.4, -0.2) is 18.3 Å². The second kappa shape index (κ2) is 8.63. The molecule has 2 rings (SSSR count). The van der Waals surface area contributed by atoms with Gasteiger partial charge >= 0.3 is 0 Å². The molecule has 0 aliphatic carbocycles. The van der Waals surface area contributed by atoms with Crippen molar-refractivity contribution in [1.29, 1.82) is 0 Å². The molecule has 0 aromatic heterocycles. The van der Waals surface area contributed by atoms with Crippen LogP contribution in [0.1, 0.15) is 51.8 Å². The van der Waals surface area contributed by atoms with Crippen molar-refractivity contribution in [3.8, 4) is 5.75 Å². The summed E-state index contributed by atoms with van der Waals surface area (Å²) in [5.41, 5.74) is 2.55. The van der Waals surface area contributed by atoms with Gasteiger partial charge in [0, 0.05) is 4.90 Å². The molecule has 0 heterocycles. The Kier molecular flexibility index (Phi) is 6.76. The van der Waals surface area contributed by atoms with Crippen LogP contribution in [-0.2, 0) is 10.2 Å². The molecule has 0 aliphatic rings. The summed E-state index contributed by atoms with van der Waals surface area (Å²) in [7, 11) is 1.65. The molecule has 0 spiro atoms. The molecular formula is C22H29NO2S. The Bertz CT molecular complexity index is 717. The number of hydrogen-bond acceptors (Lipinski definition) is 3. The van der Waals surface area contributed by atoms with Gasteiger partial charge in [0.1, 0.15) is 5.75 Å². The van der Waals surface area contributed by atoms with Crippen LogP contribution >= 0.6 is 11.8 Å². The number of amides is 1. The minimum Gasteiger partial charge on any atom is -0.497 e. The highest BCUT2D eigenvalue weighted by atomic mass is 32.2. The van der Waals surface area contributed by atoms with Gasteiger partial charge in [-0.05, 0) is 54.7 Å². The van der Waals surface area contributed by atoms with Crippen molar-refractivity contribution in [3.05, 3.63) is 59.7 Å². The topological polar surface area (TPSA) is 38.3 Å². The maximum Gasteiger partial charge on any atom is 0.233 e. The number of carbonyl (C=O) groups excluding carboxylic acids is 1. The minimum atomic E-state index is -0.167. The third-order valence-corrected chi connectivity index (χ3v) is 5.49. The molecule has 2 aromatic rings. The summed E-state index contributed by atoms with van der Waals surface area (Å²) >= 11 is 1.55. The number of nitrogens with one attached hydrogen (secondary N) is 1. The van der Waals surface area contributed by atoms with Crippen molar-refractivity contribution < 1.29 is 9.53 Å². The first kappa shape index (κ1) is 20.4. The van der Waals surface area contributed by atoms with Gasteiger partial charge in [-0.3, -0.25) is 4.79 Å². The van der Waals surface area contributed by atoms with E-state index in [0.29, 0.717) is 0 Å². The Morgan fingerprint density at radius 3 is 2.08 bits per heavy atom. The molecule has 3 nitrogen and oxygen atoms in total. The largest absolute Gasteiger partial charge is 0.497 e. The molecule has 0 saturated carbocycles. The normalized spacial score (nSPS) is 13.8. The zero-order chi connectivity index (χ0) is 19.3. The molecule has 140 valence electrons. The van der Waals surface area contributed by atoms with Gasteiger partial charge in [-0.25, -0.2) is 0 Å². The molecule has 1 amide bonds. The summed E-state index contributed by atoms with van der Waals surface area (Å²) in [6.45, 7) is 10.6. The zero-order valence-electron chi connectivity index (χ0n) is 16.5. The maximum absolute atomic E-state index is 12.5. The molecule has 0 fully saturated rings. The van der Waals surface area contributed by atoms with E-state index in [0.717, 1.165) is 16.2 Å². The summed E-state index contributed by atoms with van der Waals surface area (Å²) < 4.78 is 5.16. The van der Waals surface area contributed by atoms with Crippen molar-refractivity contribution in [2.45, 2.75) is 56.2 Å². The highest BCUT2D eigenvalue weighted by Crippen LogP contribution is 2.27. The lowest BCUT2D eigenvalue weighted by Crippen LogP contribution is -2.33. The van der Waals surface area contributed by atoms with Crippen molar-refractivity contribution in [3.63, 3.8) is 0 Å². The van der Waals surface area contributed by atoms with Gasteiger partial charge in [-0.15, -0.1) is 11.8 Å². The molecule has 0 aliphatic heterocycles. The Labute approximate surface area is 161 Å². The first-order chi connectivity index (χ1) is 12.2. The molecule has 0 unspecified atom stereocenters. The number of benzene rings is 2. The van der Waals surface area contributed by atoms with Gasteiger partial charge in [0.05, 0.1) is 18.4 Å². The Morgan fingerprint density at radius 1 is 1.00 bits per heavy atom. The SMILES string of the molecule is COc1ccc(S[C@H](C)C(=O)N[C@@H](C)c2ccc(C(C)(C)C)cc2)cc1. The fourth-order valence-electron chi connectivity index (χ4n) is 2.60. The molecule has 2 aromatic carbocycles. The average Bonchev–Trinajstić information content (AvgIpc) is 2.61. The molecule has 0 radical (unpaired) electrons. The third-order valence-electron chi connectivity index (χ3n) is 4.38. The first-order valence-electron chi connectivity index (χ1n) is 8.92. The quantitative estimate of drug-likeness (QED) is 0.696. The van der Waals surface area contributed by atoms with Gasteiger partial charge in [-0.2, -0.15) is 0 Å². The fraction of sp³-hybridized carbons (Fsp3) is 0.409. The van der Waals surface area contributed by atoms with Crippen LogP contribution in [0.5, 0.6) is 5.75 Å². The van der Waals surface area contributed by atoms with Crippen LogP contribution in [0.2, 0.25) is 0 Å². The van der Waals surface area contributed by atoms with Crippen LogP contribution < -0.4 is 10.1 Å². The van der Waals surface area contributed by atoms with Gasteiger partial charge in [-0.1, -0.05) is 45.0 Å². The number of methoxy groups -OCH3 is 1. The van der Waals surface area contributed by atoms with Crippen molar-refractivity contribution in [1.82, 2.24) is 5.32 Å². The number of ether oxygens (including phenoxy) is 1. The lowest BCUT2D eigenvalue weighted by molar-refractivity contribution is -0.120. The molecular weight excluding hydrogens is 342 g/mol. The van der Waals surface area contributed by atoms with Gasteiger partial charge in [0.25, 0.3) is 0 Å². The lowest BCUT2D eigenvalue weighted by Gasteiger charge is -2.21. The van der Waals surface area contributed by atoms with E-state index in [1.807, 2.05) is 38.1 Å². The lowest BCUT2D eigenvalue weighted by atomic mass is 9.86. The smallest absolute Gasteiger partial charge is 0.233 e. The summed E-state index contributed by atoms with van der Waals surface area (Å²) in [6, 6.07) is 16.2. The van der Waals surface area contributed by atoms with E-state index in [1.54, 1.807) is 18.9 Å². The van der Waals surface area contributed by atoms with Gasteiger partial charge < -0.3 is 10.1 Å². The van der Waals surface area contributed by atoms with Crippen molar-refractivity contribution in [2.75, 3.05) is 7.11 Å². The highest BCUT2D eigenvalue weighted by Gasteiger charge is 2.18. The fourth-order valence-corrected chi connectivity index (χ4v) is 3.47. The Morgan fingerprint density at radius 2 is 1.58 bits per heavy atom. The van der Waals surface area contributed by atoms with E-state index in [1.165, 1.54) is 5.56 Å². The zero-order valence-corrected chi connectivity index (χ0v) is 17.3. The number of rotatable bonds is 6. The number of carbonyl (C=O) groups is 1. The monoisotopic (exact) mass is 371 g/mol. The van der Waals surface area contributed by atoms with Crippen LogP contribution in [0.3, 0.4) is 0 Å². The minimum absolute atomic E-state index is 0.0181. The van der Waals surface area contributed by atoms with Crippen LogP contribution in [0.25, 0.3) is 0 Å². The number of thioether (sulfide) groups is 1. The molecule has 1 N–H and O–H groups in total. The predicted molar refractivity (Wildman–Crippen MR) is 110 cm³/mol. The summed E-state index contributed by atoms with van der Waals surface area (Å²) in [5.74, 6) is 0.858. The standard InChI is InChI=1S/C22H29NO2S/c1-15(17-7-9-18(10-8-17)22(3,4)5)23-21(24)16(2)26-20-13-11-19(25-6)12-14-20/h7-16H,1-6H3,(H,23,24)/t15-,16+/m0/s1. The molecule has 2 atom stereocenters. The van der Waals surface area contributed by atoms with E-state index in [-0.39, 0.29) is 22.6 Å². The molecule has 4 heteroatoms. The van der Waals surface area contributed by atoms with E-state index < -0.39 is 0 Å². The van der Waals surface area contributed by atoms with E-state index in [9.17, 15) is 4.79 Å². The van der Waals surface area contributed by atoms with Crippen LogP contribution in [0, 0.1) is 0 Å². The number of hydrogen-bond donors (Lipinski definition) is 1. The van der Waals surface area contributed by atoms with Crippen molar-refractivity contribution in [2.24, 2.45) is 0 Å². The summed E-state index contributed by atoms with van der Waals surface area (Å²) in [6.07, 6.45) is 0. The molecule has 26 heavy (non-hydrogen) atoms. The second-order valence-electron chi connectivity index (χ2n) is 7.54. The van der Waals surface area contributed by atoms with E-state index in [2.05, 4.69) is 50.4 Å². The Balaban J connectivity index is 1.94. The first-order valence-corrected chi connectivity index (χ1v) is 9.80. The highest BCUT2D eigenvalue weighted by molar-refractivity contribution is 8.00. The van der Waals surface area contributed by atoms with Crippen LogP contribution in [0.4, 0.5) is 0 Å². The second-order valence-corrected chi connectivity index (χ2v) is 8.95. The molecule has 0 saturated heterocycles. The average molecular weight is 372 g/mol. The van der Waals surface area contributed by atoms with E-state index in [4.69, 9.17) is 4.74 Å². The third kappa shape index (κ3) is 5.53. The molecule has 0 bridgehead atoms.